The van der Waals surface area contributed by atoms with Gasteiger partial charge in [0.1, 0.15) is 30.8 Å². The first-order valence-corrected chi connectivity index (χ1v) is 45.4. The second-order valence-corrected chi connectivity index (χ2v) is 37.7. The molecule has 0 spiro atoms. The van der Waals surface area contributed by atoms with Crippen molar-refractivity contribution in [1.82, 2.24) is 58.5 Å². The van der Waals surface area contributed by atoms with Crippen LogP contribution in [0, 0.1) is 11.8 Å². The summed E-state index contributed by atoms with van der Waals surface area (Å²) in [4.78, 5) is 125. The third kappa shape index (κ3) is 76.6. The number of unbranched alkanes of at least 4 members (excludes halogenated alkanes) is 12. The van der Waals surface area contributed by atoms with Crippen molar-refractivity contribution < 1.29 is 66.9 Å². The molecule has 1 aromatic carbocycles. The summed E-state index contributed by atoms with van der Waals surface area (Å²) < 4.78 is 20.6. The molecule has 5 amide bonds. The van der Waals surface area contributed by atoms with E-state index in [2.05, 4.69) is 200 Å². The Hall–Kier alpha value is -6.00. The first-order chi connectivity index (χ1) is 55.7. The quantitative estimate of drug-likeness (QED) is 0.0213. The number of hydrogen-bond donors (Lipinski definition) is 12. The van der Waals surface area contributed by atoms with Gasteiger partial charge in [0.2, 0.25) is 29.5 Å². The van der Waals surface area contributed by atoms with Crippen LogP contribution in [0.15, 0.2) is 24.3 Å². The molecule has 0 radical (unpaired) electrons. The Morgan fingerprint density at radius 2 is 0.849 bits per heavy atom. The number of rotatable bonds is 62. The average molecular weight is 1690 g/mol. The summed E-state index contributed by atoms with van der Waals surface area (Å²) in [7, 11) is 1.37. The fraction of sp³-hybridized carbons (Fsp3) is 0.828. The highest BCUT2D eigenvalue weighted by molar-refractivity contribution is 5.94. The van der Waals surface area contributed by atoms with E-state index in [-0.39, 0.29) is 127 Å². The number of ketones is 3. The fourth-order valence-electron chi connectivity index (χ4n) is 12.3. The molecule has 0 aliphatic carbocycles. The van der Waals surface area contributed by atoms with Gasteiger partial charge in [-0.25, -0.2) is 0 Å². The molecule has 5 atom stereocenters. The van der Waals surface area contributed by atoms with Gasteiger partial charge in [0.15, 0.2) is 11.6 Å². The van der Waals surface area contributed by atoms with Gasteiger partial charge in [0.25, 0.3) is 0 Å². The largest absolute Gasteiger partial charge is 0.492 e. The summed E-state index contributed by atoms with van der Waals surface area (Å²) in [5.41, 5.74) is 6.58. The summed E-state index contributed by atoms with van der Waals surface area (Å²) in [6, 6.07) is 6.81. The molecule has 0 unspecified atom stereocenters. The van der Waals surface area contributed by atoms with Gasteiger partial charge in [-0.05, 0) is 272 Å². The van der Waals surface area contributed by atoms with Crippen LogP contribution in [0.4, 0.5) is 0 Å². The van der Waals surface area contributed by atoms with Crippen molar-refractivity contribution >= 4 is 58.8 Å². The molecule has 26 heteroatoms. The lowest BCUT2D eigenvalue weighted by Crippen LogP contribution is -2.52. The van der Waals surface area contributed by atoms with Crippen molar-refractivity contribution in [3.8, 4) is 5.75 Å². The van der Waals surface area contributed by atoms with E-state index < -0.39 is 41.7 Å². The smallest absolute Gasteiger partial charge is 0.323 e. The van der Waals surface area contributed by atoms with Crippen molar-refractivity contribution in [2.45, 2.75) is 397 Å². The van der Waals surface area contributed by atoms with Crippen LogP contribution in [0.3, 0.4) is 0 Å². The maximum absolute atomic E-state index is 13.8. The van der Waals surface area contributed by atoms with Crippen molar-refractivity contribution in [3.05, 3.63) is 29.8 Å². The van der Waals surface area contributed by atoms with E-state index >= 15 is 0 Å². The highest BCUT2D eigenvalue weighted by Crippen LogP contribution is 2.22. The van der Waals surface area contributed by atoms with E-state index in [1.807, 2.05) is 32.9 Å². The fourth-order valence-corrected chi connectivity index (χ4v) is 12.3. The minimum absolute atomic E-state index is 0.000279. The van der Waals surface area contributed by atoms with Crippen LogP contribution < -0.4 is 69.0 Å². The third-order valence-corrected chi connectivity index (χ3v) is 18.5. The molecule has 119 heavy (non-hydrogen) atoms. The van der Waals surface area contributed by atoms with Gasteiger partial charge >= 0.3 is 11.9 Å². The molecule has 0 heterocycles. The summed E-state index contributed by atoms with van der Waals surface area (Å²) >= 11 is 0. The van der Waals surface area contributed by atoms with Gasteiger partial charge in [0.05, 0.1) is 44.3 Å². The van der Waals surface area contributed by atoms with E-state index in [1.165, 1.54) is 45.6 Å². The van der Waals surface area contributed by atoms with E-state index in [0.29, 0.717) is 76.8 Å². The number of benzene rings is 1. The maximum atomic E-state index is 13.8. The summed E-state index contributed by atoms with van der Waals surface area (Å²) in [5.74, 6) is -2.44. The second kappa shape index (κ2) is 68.4. The lowest BCUT2D eigenvalue weighted by Gasteiger charge is -2.28. The van der Waals surface area contributed by atoms with E-state index in [0.717, 1.165) is 121 Å². The summed E-state index contributed by atoms with van der Waals surface area (Å²) in [6.45, 7) is 54.0. The number of nitrogens with one attached hydrogen (secondary N) is 11. The number of carbonyl (C=O) groups excluding carboxylic acids is 10. The zero-order valence-corrected chi connectivity index (χ0v) is 79.7. The van der Waals surface area contributed by atoms with Crippen LogP contribution in [0.2, 0.25) is 0 Å². The summed E-state index contributed by atoms with van der Waals surface area (Å²) in [5, 5.41) is 34.4. The minimum Gasteiger partial charge on any atom is -0.492 e. The number of carbonyl (C=O) groups is 10. The Bertz CT molecular complexity index is 2860. The van der Waals surface area contributed by atoms with Crippen molar-refractivity contribution in [1.29, 1.82) is 0 Å². The van der Waals surface area contributed by atoms with Crippen LogP contribution in [-0.2, 0) is 68.6 Å². The second-order valence-electron chi connectivity index (χ2n) is 37.7. The zero-order valence-electron chi connectivity index (χ0n) is 79.7. The van der Waals surface area contributed by atoms with Crippen LogP contribution in [0.1, 0.15) is 345 Å². The Morgan fingerprint density at radius 1 is 0.387 bits per heavy atom. The van der Waals surface area contributed by atoms with E-state index in [4.69, 9.17) is 19.9 Å². The van der Waals surface area contributed by atoms with Crippen LogP contribution in [-0.4, -0.2) is 203 Å². The zero-order chi connectivity index (χ0) is 90.9. The highest BCUT2D eigenvalue weighted by Gasteiger charge is 2.30. The lowest BCUT2D eigenvalue weighted by molar-refractivity contribution is -0.150. The van der Waals surface area contributed by atoms with Crippen molar-refractivity contribution in [2.24, 2.45) is 17.6 Å². The molecule has 0 aromatic heterocycles. The predicted octanol–water partition coefficient (Wildman–Crippen LogP) is 13.2. The maximum Gasteiger partial charge on any atom is 0.323 e. The first-order valence-electron chi connectivity index (χ1n) is 45.4. The molecule has 1 rings (SSSR count). The topological polar surface area (TPSA) is 366 Å². The van der Waals surface area contributed by atoms with Gasteiger partial charge < -0.3 is 77.8 Å². The SMILES string of the molecule is CCCCCCC(=O)N[C@@H](CCCCNC(C)(C)C)C(=O)C[C@@H](CCCCNC(C)(C)C)C(=O)CCC(=O)NCCCC[C@H](NC(C)(C)C)C(=O)OCC.CCCCCCCNC(=O)[C@H](Cc1ccc(OCCNC(C)(C)C)cc1)NC(C)(C)C.CCCCNC(C)(C)C.CCOC(=O)[C@H](CCCCN)CC(=O)CNC(=O)CNC(=O)COC. The number of methoxy groups -OCH3 is 1. The number of nitrogens with two attached hydrogens (primary N) is 1. The molecule has 0 aliphatic rings. The Kier molecular flexibility index (Phi) is 67.4. The van der Waals surface area contributed by atoms with Gasteiger partial charge in [-0.15, -0.1) is 0 Å². The predicted molar refractivity (Wildman–Crippen MR) is 486 cm³/mol. The molecule has 0 aliphatic heterocycles. The Balaban J connectivity index is -0.00000174. The number of ether oxygens (including phenoxy) is 4. The van der Waals surface area contributed by atoms with Crippen LogP contribution in [0.5, 0.6) is 5.75 Å². The molecule has 0 saturated carbocycles. The molecular formula is C93H178N12O14. The van der Waals surface area contributed by atoms with Gasteiger partial charge in [0, 0.05) is 98.0 Å². The van der Waals surface area contributed by atoms with Crippen molar-refractivity contribution in [2.75, 3.05) is 92.4 Å². The van der Waals surface area contributed by atoms with Gasteiger partial charge in [-0.3, -0.25) is 53.3 Å². The molecule has 0 fully saturated rings. The van der Waals surface area contributed by atoms with Crippen LogP contribution in [0.25, 0.3) is 0 Å². The van der Waals surface area contributed by atoms with E-state index in [9.17, 15) is 47.9 Å². The Morgan fingerprint density at radius 3 is 1.38 bits per heavy atom. The Labute approximate surface area is 723 Å². The summed E-state index contributed by atoms with van der Waals surface area (Å²) in [6.07, 6.45) is 22.2. The highest BCUT2D eigenvalue weighted by atomic mass is 16.5. The lowest BCUT2D eigenvalue weighted by atomic mass is 9.87. The number of hydrogen-bond acceptors (Lipinski definition) is 21. The van der Waals surface area contributed by atoms with Gasteiger partial charge in [-0.2, -0.15) is 0 Å². The number of esters is 2. The molecule has 694 valence electrons. The van der Waals surface area contributed by atoms with E-state index in [1.54, 1.807) is 13.8 Å². The van der Waals surface area contributed by atoms with Crippen molar-refractivity contribution in [3.63, 3.8) is 0 Å². The number of Topliss-reactive ketones (excluding diaryl/α,β-unsaturated/α-hetero) is 3. The molecule has 0 saturated heterocycles. The minimum atomic E-state index is -0.624. The first kappa shape index (κ1) is 117. The van der Waals surface area contributed by atoms with Crippen LogP contribution >= 0.6 is 0 Å². The molecule has 26 nitrogen and oxygen atoms in total. The standard InChI is InChI=1S/C43H83N5O6.C26H47N3O2.C16H29N3O6.C8H19N/c1-12-14-15-16-26-39(52)47-34(24-19-22-31-46-42(6,7)8)37(50)32-33(23-17-21-30-45-41(3,4)5)36(49)27-28-38(51)44-29-20-18-25-35(40(53)54-13-2)48-43(9,10)11;1-8-9-10-11-12-17-27-24(30)23(29-26(5,6)7)20-21-13-15-22(16-14-21)31-19-18-28-25(2,3)4;1-3-25-16(23)12(6-4-5-7-17)8-13(20)9-18-14(21)10-19-15(22)11-24-2;1-5-6-7-9-8(2,3)4/h33-35,45-46,48H,12-32H2,1-11H3,(H,44,51)(H,47,52);13-16,23,28-29H,8-12,17-20H2,1-7H3,(H,27,30);12H,3-11,17H2,1-2H3,(H,18,21)(H,19,22);9H,5-7H2,1-4H3/t33-,34+,35+;23-;12-;/m101./s1. The molecule has 0 bridgehead atoms. The van der Waals surface area contributed by atoms with Gasteiger partial charge in [-0.1, -0.05) is 97.1 Å². The monoisotopic (exact) mass is 1690 g/mol. The normalized spacial score (nSPS) is 13.1. The molecule has 13 N–H and O–H groups in total. The number of amides is 5. The molecule has 1 aromatic rings. The average Bonchev–Trinajstić information content (AvgIpc) is 0.894. The molecular weight excluding hydrogens is 1510 g/mol. The third-order valence-electron chi connectivity index (χ3n) is 18.5.